The number of ether oxygens (including phenoxy) is 1. The van der Waals surface area contributed by atoms with E-state index in [1.807, 2.05) is 23.1 Å². The first kappa shape index (κ1) is 12.6. The van der Waals surface area contributed by atoms with Gasteiger partial charge in [0.25, 0.3) is 0 Å². The summed E-state index contributed by atoms with van der Waals surface area (Å²) in [6.45, 7) is 4.33. The zero-order chi connectivity index (χ0) is 13.2. The van der Waals surface area contributed by atoms with Gasteiger partial charge in [0, 0.05) is 30.7 Å². The molecule has 2 heterocycles. The van der Waals surface area contributed by atoms with Gasteiger partial charge in [0.15, 0.2) is 0 Å². The quantitative estimate of drug-likeness (QED) is 0.872. The van der Waals surface area contributed by atoms with Gasteiger partial charge in [0.2, 0.25) is 5.91 Å². The minimum atomic E-state index is 0.154. The molecule has 0 radical (unpaired) electrons. The number of hydrogen-bond donors (Lipinski definition) is 1. The van der Waals surface area contributed by atoms with Crippen LogP contribution < -0.4 is 10.2 Å². The number of carbonyl (C=O) groups is 1. The third-order valence-corrected chi connectivity index (χ3v) is 3.90. The Morgan fingerprint density at radius 3 is 3.11 bits per heavy atom. The van der Waals surface area contributed by atoms with Crippen molar-refractivity contribution in [1.82, 2.24) is 5.32 Å². The van der Waals surface area contributed by atoms with Gasteiger partial charge in [-0.15, -0.1) is 0 Å². The van der Waals surface area contributed by atoms with E-state index in [1.54, 1.807) is 0 Å². The molecule has 19 heavy (non-hydrogen) atoms. The normalized spacial score (nSPS) is 26.3. The number of nitrogens with zero attached hydrogens (tertiary/aromatic N) is 1. The van der Waals surface area contributed by atoms with Crippen LogP contribution in [0.3, 0.4) is 0 Å². The van der Waals surface area contributed by atoms with E-state index in [0.29, 0.717) is 13.0 Å². The summed E-state index contributed by atoms with van der Waals surface area (Å²) in [7, 11) is 0. The first-order valence-electron chi connectivity index (χ1n) is 6.97. The summed E-state index contributed by atoms with van der Waals surface area (Å²) in [5, 5.41) is 3.34. The zero-order valence-corrected chi connectivity index (χ0v) is 11.3. The minimum Gasteiger partial charge on any atom is -0.378 e. The highest BCUT2D eigenvalue weighted by Gasteiger charge is 2.31. The molecule has 1 aromatic rings. The van der Waals surface area contributed by atoms with Gasteiger partial charge >= 0.3 is 0 Å². The summed E-state index contributed by atoms with van der Waals surface area (Å²) in [5.41, 5.74) is 2.35. The van der Waals surface area contributed by atoms with E-state index < -0.39 is 0 Å². The average molecular weight is 260 g/mol. The molecular formula is C15H20N2O2. The van der Waals surface area contributed by atoms with Crippen LogP contribution in [0.15, 0.2) is 24.3 Å². The van der Waals surface area contributed by atoms with Crippen molar-refractivity contribution in [2.45, 2.75) is 31.8 Å². The van der Waals surface area contributed by atoms with E-state index in [1.165, 1.54) is 5.56 Å². The van der Waals surface area contributed by atoms with Crippen LogP contribution in [-0.4, -0.2) is 37.7 Å². The molecular weight excluding hydrogens is 240 g/mol. The predicted octanol–water partition coefficient (Wildman–Crippen LogP) is 1.34. The molecule has 3 rings (SSSR count). The largest absolute Gasteiger partial charge is 0.378 e. The highest BCUT2D eigenvalue weighted by Crippen LogP contribution is 2.32. The Kier molecular flexibility index (Phi) is 3.53. The van der Waals surface area contributed by atoms with Crippen molar-refractivity contribution in [3.63, 3.8) is 0 Å². The Labute approximate surface area is 113 Å². The number of carbonyl (C=O) groups excluding carboxylic acids is 1. The van der Waals surface area contributed by atoms with Gasteiger partial charge in [0.05, 0.1) is 13.2 Å². The van der Waals surface area contributed by atoms with Crippen LogP contribution in [0.4, 0.5) is 5.69 Å². The molecule has 0 unspecified atom stereocenters. The highest BCUT2D eigenvalue weighted by molar-refractivity contribution is 5.96. The zero-order valence-electron chi connectivity index (χ0n) is 11.3. The Morgan fingerprint density at radius 1 is 1.47 bits per heavy atom. The maximum atomic E-state index is 12.5. The molecule has 1 saturated heterocycles. The number of anilines is 1. The van der Waals surface area contributed by atoms with Crippen molar-refractivity contribution in [2.24, 2.45) is 0 Å². The SMILES string of the molecule is C[C@H]1Cc2ccccc2N1C(=O)C[C@H]1COCCN1. The lowest BCUT2D eigenvalue weighted by Gasteiger charge is -2.28. The lowest BCUT2D eigenvalue weighted by Crippen LogP contribution is -2.46. The van der Waals surface area contributed by atoms with Gasteiger partial charge in [-0.1, -0.05) is 18.2 Å². The number of benzene rings is 1. The Hall–Kier alpha value is -1.39. The highest BCUT2D eigenvalue weighted by atomic mass is 16.5. The van der Waals surface area contributed by atoms with Crippen molar-refractivity contribution in [3.05, 3.63) is 29.8 Å². The lowest BCUT2D eigenvalue weighted by molar-refractivity contribution is -0.120. The summed E-state index contributed by atoms with van der Waals surface area (Å²) in [6, 6.07) is 8.60. The molecule has 2 atom stereocenters. The molecule has 102 valence electrons. The van der Waals surface area contributed by atoms with E-state index in [0.717, 1.165) is 25.3 Å². The number of rotatable bonds is 2. The van der Waals surface area contributed by atoms with Crippen molar-refractivity contribution in [1.29, 1.82) is 0 Å². The molecule has 0 aliphatic carbocycles. The van der Waals surface area contributed by atoms with Gasteiger partial charge in [-0.3, -0.25) is 4.79 Å². The summed E-state index contributed by atoms with van der Waals surface area (Å²) < 4.78 is 5.41. The Balaban J connectivity index is 1.72. The molecule has 2 aliphatic heterocycles. The van der Waals surface area contributed by atoms with Gasteiger partial charge in [0.1, 0.15) is 0 Å². The summed E-state index contributed by atoms with van der Waals surface area (Å²) in [6.07, 6.45) is 1.47. The number of amides is 1. The number of nitrogens with one attached hydrogen (secondary N) is 1. The van der Waals surface area contributed by atoms with Crippen LogP contribution in [-0.2, 0) is 16.0 Å². The van der Waals surface area contributed by atoms with Crippen molar-refractivity contribution in [2.75, 3.05) is 24.7 Å². The molecule has 1 fully saturated rings. The number of hydrogen-bond acceptors (Lipinski definition) is 3. The number of morpholine rings is 1. The standard InChI is InChI=1S/C15H20N2O2/c1-11-8-12-4-2-3-5-14(12)17(11)15(18)9-13-10-19-7-6-16-13/h2-5,11,13,16H,6-10H2,1H3/t11-,13-/m0/s1. The summed E-state index contributed by atoms with van der Waals surface area (Å²) >= 11 is 0. The van der Waals surface area contributed by atoms with Gasteiger partial charge in [-0.05, 0) is 25.0 Å². The Bertz CT molecular complexity index is 469. The van der Waals surface area contributed by atoms with Gasteiger partial charge < -0.3 is 15.0 Å². The second-order valence-corrected chi connectivity index (χ2v) is 5.38. The van der Waals surface area contributed by atoms with E-state index in [9.17, 15) is 4.79 Å². The molecule has 4 heteroatoms. The fraction of sp³-hybridized carbons (Fsp3) is 0.533. The number of fused-ring (bicyclic) bond motifs is 1. The van der Waals surface area contributed by atoms with Gasteiger partial charge in [-0.2, -0.15) is 0 Å². The van der Waals surface area contributed by atoms with Crippen LogP contribution >= 0.6 is 0 Å². The van der Waals surface area contributed by atoms with Crippen molar-refractivity contribution in [3.8, 4) is 0 Å². The molecule has 0 bridgehead atoms. The fourth-order valence-corrected chi connectivity index (χ4v) is 3.01. The first-order valence-corrected chi connectivity index (χ1v) is 6.97. The smallest absolute Gasteiger partial charge is 0.228 e. The summed E-state index contributed by atoms with van der Waals surface area (Å²) in [5.74, 6) is 0.195. The number of para-hydroxylation sites is 1. The Morgan fingerprint density at radius 2 is 2.32 bits per heavy atom. The topological polar surface area (TPSA) is 41.6 Å². The molecule has 0 aromatic heterocycles. The lowest BCUT2D eigenvalue weighted by atomic mass is 10.1. The monoisotopic (exact) mass is 260 g/mol. The second kappa shape index (κ2) is 5.31. The van der Waals surface area contributed by atoms with Crippen LogP contribution in [0.25, 0.3) is 0 Å². The molecule has 4 nitrogen and oxygen atoms in total. The van der Waals surface area contributed by atoms with Crippen molar-refractivity contribution >= 4 is 11.6 Å². The molecule has 1 N–H and O–H groups in total. The molecule has 0 saturated carbocycles. The molecule has 2 aliphatic rings. The first-order chi connectivity index (χ1) is 9.25. The molecule has 0 spiro atoms. The maximum absolute atomic E-state index is 12.5. The van der Waals surface area contributed by atoms with Crippen LogP contribution in [0.1, 0.15) is 18.9 Å². The second-order valence-electron chi connectivity index (χ2n) is 5.38. The van der Waals surface area contributed by atoms with Crippen LogP contribution in [0.5, 0.6) is 0 Å². The van der Waals surface area contributed by atoms with Crippen LogP contribution in [0, 0.1) is 0 Å². The average Bonchev–Trinajstić information content (AvgIpc) is 2.75. The predicted molar refractivity (Wildman–Crippen MR) is 74.3 cm³/mol. The minimum absolute atomic E-state index is 0.154. The molecule has 1 amide bonds. The van der Waals surface area contributed by atoms with Gasteiger partial charge in [-0.25, -0.2) is 0 Å². The van der Waals surface area contributed by atoms with E-state index in [-0.39, 0.29) is 18.0 Å². The third-order valence-electron chi connectivity index (χ3n) is 3.90. The van der Waals surface area contributed by atoms with Crippen molar-refractivity contribution < 1.29 is 9.53 Å². The fourth-order valence-electron chi connectivity index (χ4n) is 3.01. The summed E-state index contributed by atoms with van der Waals surface area (Å²) in [4.78, 5) is 14.5. The molecule has 1 aromatic carbocycles. The third kappa shape index (κ3) is 2.51. The van der Waals surface area contributed by atoms with E-state index >= 15 is 0 Å². The van der Waals surface area contributed by atoms with E-state index in [4.69, 9.17) is 4.74 Å². The van der Waals surface area contributed by atoms with E-state index in [2.05, 4.69) is 18.3 Å². The van der Waals surface area contributed by atoms with Crippen LogP contribution in [0.2, 0.25) is 0 Å². The maximum Gasteiger partial charge on any atom is 0.228 e.